The van der Waals surface area contributed by atoms with E-state index >= 15 is 0 Å². The summed E-state index contributed by atoms with van der Waals surface area (Å²) in [5.41, 5.74) is 1.25. The zero-order valence-corrected chi connectivity index (χ0v) is 17.9. The lowest BCUT2D eigenvalue weighted by Crippen LogP contribution is -2.40. The van der Waals surface area contributed by atoms with E-state index in [1.807, 2.05) is 19.1 Å². The predicted octanol–water partition coefficient (Wildman–Crippen LogP) is 4.15. The van der Waals surface area contributed by atoms with E-state index in [0.717, 1.165) is 37.7 Å². The van der Waals surface area contributed by atoms with Crippen molar-refractivity contribution < 1.29 is 17.9 Å². The Morgan fingerprint density at radius 1 is 1.21 bits per heavy atom. The van der Waals surface area contributed by atoms with E-state index in [0.29, 0.717) is 9.90 Å². The molecular weight excluding hydrogens is 396 g/mol. The Morgan fingerprint density at radius 2 is 1.89 bits per heavy atom. The zero-order chi connectivity index (χ0) is 20.1. The first-order valence-electron chi connectivity index (χ1n) is 9.62. The third kappa shape index (κ3) is 4.79. The molecule has 1 aliphatic rings. The molecule has 0 atom stereocenters. The molecule has 1 fully saturated rings. The number of esters is 1. The van der Waals surface area contributed by atoms with Crippen molar-refractivity contribution in [1.82, 2.24) is 9.29 Å². The van der Waals surface area contributed by atoms with Crippen LogP contribution in [0, 0.1) is 6.92 Å². The summed E-state index contributed by atoms with van der Waals surface area (Å²) in [6.45, 7) is 4.12. The van der Waals surface area contributed by atoms with Crippen molar-refractivity contribution in [1.29, 1.82) is 0 Å². The normalized spacial score (nSPS) is 15.7. The zero-order valence-electron chi connectivity index (χ0n) is 16.3. The molecule has 0 unspecified atom stereocenters. The molecule has 28 heavy (non-hydrogen) atoms. The van der Waals surface area contributed by atoms with Gasteiger partial charge in [-0.05, 0) is 38.8 Å². The molecule has 1 aromatic carbocycles. The fourth-order valence-corrected chi connectivity index (χ4v) is 5.93. The Labute approximate surface area is 170 Å². The highest BCUT2D eigenvalue weighted by Crippen LogP contribution is 2.30. The molecule has 1 aromatic heterocycles. The molecule has 1 aliphatic carbocycles. The Kier molecular flexibility index (Phi) is 6.85. The van der Waals surface area contributed by atoms with E-state index in [1.54, 1.807) is 28.7 Å². The molecule has 0 N–H and O–H groups in total. The smallest absolute Gasteiger partial charge is 0.357 e. The maximum atomic E-state index is 13.4. The average molecular weight is 423 g/mol. The Hall–Kier alpha value is -1.77. The number of carbonyl (C=O) groups is 1. The first-order chi connectivity index (χ1) is 13.4. The van der Waals surface area contributed by atoms with E-state index < -0.39 is 16.0 Å². The van der Waals surface area contributed by atoms with E-state index in [-0.39, 0.29) is 24.9 Å². The van der Waals surface area contributed by atoms with Crippen LogP contribution in [0.4, 0.5) is 0 Å². The molecule has 2 aromatic rings. The topological polar surface area (TPSA) is 76.6 Å². The number of ether oxygens (including phenoxy) is 1. The minimum absolute atomic E-state index is 0.0463. The predicted molar refractivity (Wildman–Crippen MR) is 109 cm³/mol. The monoisotopic (exact) mass is 422 g/mol. The van der Waals surface area contributed by atoms with Gasteiger partial charge in [0.15, 0.2) is 5.69 Å². The molecule has 0 amide bonds. The number of nitrogens with zero attached hydrogens (tertiary/aromatic N) is 2. The molecule has 6 nitrogen and oxygen atoms in total. The number of sulfonamides is 1. The van der Waals surface area contributed by atoms with Gasteiger partial charge in [0.1, 0.15) is 5.01 Å². The van der Waals surface area contributed by atoms with Crippen LogP contribution < -0.4 is 0 Å². The van der Waals surface area contributed by atoms with E-state index in [9.17, 15) is 13.2 Å². The van der Waals surface area contributed by atoms with Gasteiger partial charge in [0.05, 0.1) is 18.0 Å². The van der Waals surface area contributed by atoms with Gasteiger partial charge in [0.25, 0.3) is 0 Å². The molecule has 1 heterocycles. The molecule has 3 rings (SSSR count). The maximum Gasteiger partial charge on any atom is 0.357 e. The van der Waals surface area contributed by atoms with Crippen LogP contribution >= 0.6 is 11.3 Å². The van der Waals surface area contributed by atoms with E-state index in [4.69, 9.17) is 4.74 Å². The lowest BCUT2D eigenvalue weighted by atomic mass is 9.95. The summed E-state index contributed by atoms with van der Waals surface area (Å²) in [5, 5.41) is 2.23. The number of hydrogen-bond donors (Lipinski definition) is 0. The number of aromatic nitrogens is 1. The van der Waals surface area contributed by atoms with Crippen molar-refractivity contribution in [3.05, 3.63) is 45.9 Å². The van der Waals surface area contributed by atoms with Crippen LogP contribution in [0.5, 0.6) is 0 Å². The lowest BCUT2D eigenvalue weighted by Gasteiger charge is -2.33. The minimum Gasteiger partial charge on any atom is -0.461 e. The Balaban J connectivity index is 1.89. The number of rotatable bonds is 7. The fraction of sp³-hybridized carbons (Fsp3) is 0.500. The van der Waals surface area contributed by atoms with Crippen LogP contribution in [0.1, 0.15) is 60.1 Å². The van der Waals surface area contributed by atoms with Gasteiger partial charge in [0, 0.05) is 11.4 Å². The van der Waals surface area contributed by atoms with Crippen molar-refractivity contribution in [2.24, 2.45) is 0 Å². The Bertz CT molecular complexity index is 901. The number of thiazole rings is 1. The SMILES string of the molecule is CCOC(=O)c1csc(CN(C2CCCCC2)S(=O)(=O)c2ccc(C)cc2)n1. The van der Waals surface area contributed by atoms with Crippen LogP contribution in [0.3, 0.4) is 0 Å². The molecule has 0 aliphatic heterocycles. The molecule has 152 valence electrons. The third-order valence-corrected chi connectivity index (χ3v) is 7.68. The fourth-order valence-electron chi connectivity index (χ4n) is 3.44. The number of aryl methyl sites for hydroxylation is 1. The highest BCUT2D eigenvalue weighted by atomic mass is 32.2. The van der Waals surface area contributed by atoms with E-state index in [1.165, 1.54) is 11.3 Å². The molecule has 0 spiro atoms. The number of hydrogen-bond acceptors (Lipinski definition) is 6. The third-order valence-electron chi connectivity index (χ3n) is 4.94. The van der Waals surface area contributed by atoms with Crippen LogP contribution in [0.25, 0.3) is 0 Å². The van der Waals surface area contributed by atoms with Gasteiger partial charge < -0.3 is 4.74 Å². The summed E-state index contributed by atoms with van der Waals surface area (Å²) in [6, 6.07) is 6.90. The van der Waals surface area contributed by atoms with Gasteiger partial charge in [-0.25, -0.2) is 18.2 Å². The number of carbonyl (C=O) groups excluding carboxylic acids is 1. The van der Waals surface area contributed by atoms with E-state index in [2.05, 4.69) is 4.98 Å². The molecule has 1 saturated carbocycles. The van der Waals surface area contributed by atoms with Gasteiger partial charge in [-0.1, -0.05) is 37.0 Å². The van der Waals surface area contributed by atoms with Crippen LogP contribution in [-0.2, 0) is 21.3 Å². The summed E-state index contributed by atoms with van der Waals surface area (Å²) in [5.74, 6) is -0.476. The summed E-state index contributed by atoms with van der Waals surface area (Å²) < 4.78 is 33.4. The van der Waals surface area contributed by atoms with Crippen molar-refractivity contribution in [2.75, 3.05) is 6.61 Å². The maximum absolute atomic E-state index is 13.4. The molecule has 8 heteroatoms. The summed E-state index contributed by atoms with van der Waals surface area (Å²) >= 11 is 1.29. The lowest BCUT2D eigenvalue weighted by molar-refractivity contribution is 0.0520. The van der Waals surface area contributed by atoms with Crippen LogP contribution in [0.15, 0.2) is 34.5 Å². The second-order valence-corrected chi connectivity index (χ2v) is 9.84. The van der Waals surface area contributed by atoms with Gasteiger partial charge in [-0.3, -0.25) is 0 Å². The highest BCUT2D eigenvalue weighted by Gasteiger charge is 2.33. The minimum atomic E-state index is -3.65. The van der Waals surface area contributed by atoms with Crippen molar-refractivity contribution in [3.63, 3.8) is 0 Å². The number of benzene rings is 1. The highest BCUT2D eigenvalue weighted by molar-refractivity contribution is 7.89. The Morgan fingerprint density at radius 3 is 2.54 bits per heavy atom. The molecule has 0 bridgehead atoms. The average Bonchev–Trinajstić information content (AvgIpc) is 3.16. The van der Waals surface area contributed by atoms with Crippen LogP contribution in [0.2, 0.25) is 0 Å². The van der Waals surface area contributed by atoms with Gasteiger partial charge in [-0.15, -0.1) is 11.3 Å². The summed E-state index contributed by atoms with van der Waals surface area (Å²) in [6.07, 6.45) is 4.88. The summed E-state index contributed by atoms with van der Waals surface area (Å²) in [4.78, 5) is 16.5. The summed E-state index contributed by atoms with van der Waals surface area (Å²) in [7, 11) is -3.65. The first kappa shape index (κ1) is 21.0. The van der Waals surface area contributed by atoms with Crippen LogP contribution in [-0.4, -0.2) is 36.3 Å². The molecular formula is C20H26N2O4S2. The van der Waals surface area contributed by atoms with Crippen molar-refractivity contribution >= 4 is 27.3 Å². The standard InChI is InChI=1S/C20H26N2O4S2/c1-3-26-20(23)18-14-27-19(21-18)13-22(16-7-5-4-6-8-16)28(24,25)17-11-9-15(2)10-12-17/h9-12,14,16H,3-8,13H2,1-2H3. The van der Waals surface area contributed by atoms with Crippen molar-refractivity contribution in [2.45, 2.75) is 63.4 Å². The van der Waals surface area contributed by atoms with Gasteiger partial charge >= 0.3 is 5.97 Å². The first-order valence-corrected chi connectivity index (χ1v) is 11.9. The largest absolute Gasteiger partial charge is 0.461 e. The second-order valence-electron chi connectivity index (χ2n) is 7.00. The quantitative estimate of drug-likeness (QED) is 0.627. The van der Waals surface area contributed by atoms with Crippen molar-refractivity contribution in [3.8, 4) is 0 Å². The second kappa shape index (κ2) is 9.15. The van der Waals surface area contributed by atoms with Gasteiger partial charge in [0.2, 0.25) is 10.0 Å². The molecule has 0 radical (unpaired) electrons. The van der Waals surface area contributed by atoms with Gasteiger partial charge in [-0.2, -0.15) is 4.31 Å². The molecule has 0 saturated heterocycles.